The van der Waals surface area contributed by atoms with Crippen LogP contribution in [-0.2, 0) is 4.83 Å². The molecule has 0 aromatic heterocycles. The highest BCUT2D eigenvalue weighted by Crippen LogP contribution is 2.42. The van der Waals surface area contributed by atoms with Gasteiger partial charge in [-0.2, -0.15) is 8.78 Å². The van der Waals surface area contributed by atoms with Crippen LogP contribution in [-0.4, -0.2) is 0 Å². The molecule has 0 unspecified atom stereocenters. The molecule has 1 aliphatic carbocycles. The van der Waals surface area contributed by atoms with Crippen molar-refractivity contribution < 1.29 is 17.6 Å². The molecule has 0 aliphatic heterocycles. The second-order valence-corrected chi connectivity index (χ2v) is 6.86. The molecule has 118 valence electrons. The van der Waals surface area contributed by atoms with Crippen molar-refractivity contribution in [3.8, 4) is 0 Å². The summed E-state index contributed by atoms with van der Waals surface area (Å²) in [5.41, 5.74) is -0.702. The van der Waals surface area contributed by atoms with Gasteiger partial charge in [0, 0.05) is 0 Å². The minimum Gasteiger partial charge on any atom is -0.206 e. The molecule has 0 nitrogen and oxygen atoms in total. The van der Waals surface area contributed by atoms with Gasteiger partial charge in [-0.05, 0) is 71.1 Å². The predicted octanol–water partition coefficient (Wildman–Crippen LogP) is 6.48. The van der Waals surface area contributed by atoms with Gasteiger partial charge in [-0.25, -0.2) is 8.78 Å². The van der Waals surface area contributed by atoms with Crippen LogP contribution in [0.4, 0.5) is 17.6 Å². The van der Waals surface area contributed by atoms with Crippen molar-refractivity contribution in [1.29, 1.82) is 0 Å². The lowest BCUT2D eigenvalue weighted by Gasteiger charge is -2.29. The Morgan fingerprint density at radius 2 is 1.62 bits per heavy atom. The predicted molar refractivity (Wildman–Crippen MR) is 78.8 cm³/mol. The molecule has 0 radical (unpaired) electrons. The highest BCUT2D eigenvalue weighted by Gasteiger charge is 2.35. The molecule has 2 rings (SSSR count). The first-order valence-electron chi connectivity index (χ1n) is 7.39. The Morgan fingerprint density at radius 1 is 1.10 bits per heavy atom. The Bertz CT molecular complexity index is 465. The van der Waals surface area contributed by atoms with Gasteiger partial charge in [-0.1, -0.05) is 19.8 Å². The number of hydrogen-bond donors (Lipinski definition) is 0. The normalized spacial score (nSPS) is 23.3. The maximum atomic E-state index is 13.8. The summed E-state index contributed by atoms with van der Waals surface area (Å²) in [6, 6.07) is 2.14. The van der Waals surface area contributed by atoms with Crippen LogP contribution in [0.15, 0.2) is 12.1 Å². The monoisotopic (exact) mass is 366 g/mol. The van der Waals surface area contributed by atoms with Crippen molar-refractivity contribution in [3.05, 3.63) is 34.9 Å². The van der Waals surface area contributed by atoms with Crippen molar-refractivity contribution in [1.82, 2.24) is 0 Å². The fourth-order valence-electron chi connectivity index (χ4n) is 3.29. The third-order valence-corrected chi connectivity index (χ3v) is 4.76. The van der Waals surface area contributed by atoms with Crippen LogP contribution in [0.5, 0.6) is 0 Å². The molecule has 1 aromatic carbocycles. The van der Waals surface area contributed by atoms with E-state index in [1.807, 2.05) is 15.9 Å². The van der Waals surface area contributed by atoms with Crippen molar-refractivity contribution in [2.45, 2.75) is 56.2 Å². The highest BCUT2D eigenvalue weighted by atomic mass is 79.9. The summed E-state index contributed by atoms with van der Waals surface area (Å²) in [5, 5.41) is 0. The molecule has 0 N–H and O–H groups in total. The van der Waals surface area contributed by atoms with Gasteiger partial charge in [0.05, 0.1) is 0 Å². The lowest BCUT2D eigenvalue weighted by atomic mass is 9.77. The molecule has 5 heteroatoms. The summed E-state index contributed by atoms with van der Waals surface area (Å²) < 4.78 is 53.9. The number of hydrogen-bond acceptors (Lipinski definition) is 0. The average molecular weight is 367 g/mol. The molecule has 0 spiro atoms. The summed E-state index contributed by atoms with van der Waals surface area (Å²) in [4.78, 5) is -3.68. The van der Waals surface area contributed by atoms with E-state index < -0.39 is 22.0 Å². The van der Waals surface area contributed by atoms with E-state index in [9.17, 15) is 17.6 Å². The lowest BCUT2D eigenvalue weighted by Crippen LogP contribution is -2.15. The second-order valence-electron chi connectivity index (χ2n) is 5.86. The van der Waals surface area contributed by atoms with Gasteiger partial charge in [0.15, 0.2) is 0 Å². The van der Waals surface area contributed by atoms with Crippen molar-refractivity contribution >= 4 is 15.9 Å². The molecule has 21 heavy (non-hydrogen) atoms. The minimum atomic E-state index is -3.68. The van der Waals surface area contributed by atoms with Gasteiger partial charge in [0.1, 0.15) is 17.2 Å². The van der Waals surface area contributed by atoms with Gasteiger partial charge in [0.2, 0.25) is 0 Å². The van der Waals surface area contributed by atoms with E-state index in [-0.39, 0.29) is 5.92 Å². The van der Waals surface area contributed by atoms with Gasteiger partial charge >= 0.3 is 4.83 Å². The zero-order chi connectivity index (χ0) is 15.6. The van der Waals surface area contributed by atoms with Gasteiger partial charge in [-0.3, -0.25) is 0 Å². The maximum Gasteiger partial charge on any atom is 0.332 e. The van der Waals surface area contributed by atoms with E-state index in [2.05, 4.69) is 6.92 Å². The molecular formula is C16H19BrF4. The van der Waals surface area contributed by atoms with Crippen LogP contribution in [0.1, 0.15) is 62.5 Å². The van der Waals surface area contributed by atoms with Gasteiger partial charge < -0.3 is 0 Å². The Hall–Kier alpha value is -0.580. The molecule has 1 aromatic rings. The molecule has 0 saturated heterocycles. The Labute approximate surface area is 131 Å². The zero-order valence-electron chi connectivity index (χ0n) is 11.9. The molecule has 1 saturated carbocycles. The molecule has 1 aliphatic rings. The van der Waals surface area contributed by atoms with Crippen LogP contribution in [0.3, 0.4) is 0 Å². The average Bonchev–Trinajstić information content (AvgIpc) is 2.37. The number of alkyl halides is 3. The minimum absolute atomic E-state index is 0.0695. The highest BCUT2D eigenvalue weighted by molar-refractivity contribution is 9.09. The molecule has 0 heterocycles. The number of halogens is 5. The largest absolute Gasteiger partial charge is 0.332 e. The molecule has 1 fully saturated rings. The van der Waals surface area contributed by atoms with Crippen LogP contribution < -0.4 is 0 Å². The molecule has 0 bridgehead atoms. The molecular weight excluding hydrogens is 348 g/mol. The SMILES string of the molecule is CCC[C@H]1CC[C@H](c2cc(F)c(C(F)(F)Br)c(F)c2)CC1. The molecule has 0 amide bonds. The number of rotatable bonds is 4. The summed E-state index contributed by atoms with van der Waals surface area (Å²) >= 11 is 2.02. The van der Waals surface area contributed by atoms with Crippen molar-refractivity contribution in [2.24, 2.45) is 5.92 Å². The first kappa shape index (κ1) is 16.8. The third-order valence-electron chi connectivity index (χ3n) is 4.36. The van der Waals surface area contributed by atoms with E-state index in [0.717, 1.165) is 44.2 Å². The first-order valence-corrected chi connectivity index (χ1v) is 8.18. The van der Waals surface area contributed by atoms with Crippen molar-refractivity contribution in [3.63, 3.8) is 0 Å². The maximum absolute atomic E-state index is 13.8. The second kappa shape index (κ2) is 6.67. The third kappa shape index (κ3) is 3.99. The van der Waals surface area contributed by atoms with Gasteiger partial charge in [0.25, 0.3) is 0 Å². The van der Waals surface area contributed by atoms with Crippen LogP contribution in [0.25, 0.3) is 0 Å². The van der Waals surface area contributed by atoms with E-state index in [0.29, 0.717) is 11.5 Å². The zero-order valence-corrected chi connectivity index (χ0v) is 13.5. The van der Waals surface area contributed by atoms with Gasteiger partial charge in [-0.15, -0.1) is 0 Å². The van der Waals surface area contributed by atoms with E-state index in [1.54, 1.807) is 0 Å². The van der Waals surface area contributed by atoms with E-state index in [1.165, 1.54) is 6.42 Å². The summed E-state index contributed by atoms with van der Waals surface area (Å²) in [7, 11) is 0. The molecule has 0 atom stereocenters. The van der Waals surface area contributed by atoms with Crippen molar-refractivity contribution in [2.75, 3.05) is 0 Å². The fourth-order valence-corrected chi connectivity index (χ4v) is 3.67. The van der Waals surface area contributed by atoms with Crippen LogP contribution >= 0.6 is 15.9 Å². The summed E-state index contributed by atoms with van der Waals surface area (Å²) in [6.07, 6.45) is 6.15. The van der Waals surface area contributed by atoms with Crippen LogP contribution in [0, 0.1) is 17.6 Å². The number of benzene rings is 1. The van der Waals surface area contributed by atoms with E-state index >= 15 is 0 Å². The van der Waals surface area contributed by atoms with E-state index in [4.69, 9.17) is 0 Å². The Morgan fingerprint density at radius 3 is 2.05 bits per heavy atom. The summed E-state index contributed by atoms with van der Waals surface area (Å²) in [6.45, 7) is 2.15. The Balaban J connectivity index is 2.16. The Kier molecular flexibility index (Phi) is 5.33. The smallest absolute Gasteiger partial charge is 0.206 e. The standard InChI is InChI=1S/C16H19BrF4/c1-2-3-10-4-6-11(7-5-10)12-8-13(18)15(14(19)9-12)16(17,20)21/h8-11H,2-7H2,1H3/t10-,11-. The van der Waals surface area contributed by atoms with Crippen LogP contribution in [0.2, 0.25) is 0 Å². The topological polar surface area (TPSA) is 0 Å². The first-order chi connectivity index (χ1) is 9.82. The quantitative estimate of drug-likeness (QED) is 0.422. The fraction of sp³-hybridized carbons (Fsp3) is 0.625. The summed E-state index contributed by atoms with van der Waals surface area (Å²) in [5.74, 6) is -1.60. The lowest BCUT2D eigenvalue weighted by molar-refractivity contribution is 0.105.